The molecule has 2 aromatic rings. The first-order valence-electron chi connectivity index (χ1n) is 4.04. The fourth-order valence-electron chi connectivity index (χ4n) is 1.28. The van der Waals surface area contributed by atoms with Crippen LogP contribution in [-0.2, 0) is 6.42 Å². The Bertz CT molecular complexity index is 476. The number of hydrogen-bond acceptors (Lipinski definition) is 2. The molecule has 1 N–H and O–H groups in total. The minimum Gasteiger partial charge on any atom is -0.341 e. The van der Waals surface area contributed by atoms with Crippen molar-refractivity contribution in [3.8, 4) is 12.3 Å². The predicted octanol–water partition coefficient (Wildman–Crippen LogP) is 1.44. The lowest BCUT2D eigenvalue weighted by atomic mass is 10.2. The first kappa shape index (κ1) is 7.81. The molecule has 13 heavy (non-hydrogen) atoms. The fourth-order valence-corrected chi connectivity index (χ4v) is 1.28. The maximum absolute atomic E-state index is 5.21. The quantitative estimate of drug-likeness (QED) is 0.660. The van der Waals surface area contributed by atoms with E-state index in [2.05, 4.69) is 20.9 Å². The molecule has 0 aliphatic carbocycles. The van der Waals surface area contributed by atoms with E-state index in [9.17, 15) is 0 Å². The maximum Gasteiger partial charge on any atom is 0.177 e. The van der Waals surface area contributed by atoms with E-state index in [1.165, 1.54) is 0 Å². The number of imidazole rings is 1. The van der Waals surface area contributed by atoms with Gasteiger partial charge in [-0.25, -0.2) is 9.97 Å². The molecule has 2 aromatic heterocycles. The van der Waals surface area contributed by atoms with Gasteiger partial charge in [0, 0.05) is 12.6 Å². The Morgan fingerprint density at radius 3 is 3.23 bits per heavy atom. The molecule has 2 rings (SSSR count). The topological polar surface area (TPSA) is 41.6 Å². The number of hydrogen-bond donors (Lipinski definition) is 1. The third-order valence-corrected chi connectivity index (χ3v) is 1.82. The lowest BCUT2D eigenvalue weighted by molar-refractivity contribution is 1.16. The highest BCUT2D eigenvalue weighted by atomic mass is 15.0. The van der Waals surface area contributed by atoms with Crippen molar-refractivity contribution in [2.45, 2.75) is 13.3 Å². The molecule has 0 aliphatic rings. The standard InChI is InChI=1S/C10H9N3/c1-3-4-8-5-9-10(11-6-8)13-7(2)12-9/h1,5-6H,4H2,2H3,(H,11,12,13). The summed E-state index contributed by atoms with van der Waals surface area (Å²) in [4.78, 5) is 11.5. The smallest absolute Gasteiger partial charge is 0.177 e. The number of pyridine rings is 1. The van der Waals surface area contributed by atoms with E-state index < -0.39 is 0 Å². The average Bonchev–Trinajstić information content (AvgIpc) is 2.44. The molecular formula is C10H9N3. The van der Waals surface area contributed by atoms with Gasteiger partial charge in [0.05, 0.1) is 5.52 Å². The number of terminal acetylenes is 1. The van der Waals surface area contributed by atoms with Crippen molar-refractivity contribution in [1.82, 2.24) is 15.0 Å². The van der Waals surface area contributed by atoms with E-state index in [1.807, 2.05) is 13.0 Å². The molecule has 0 aliphatic heterocycles. The van der Waals surface area contributed by atoms with Crippen LogP contribution in [0.4, 0.5) is 0 Å². The molecule has 0 atom stereocenters. The van der Waals surface area contributed by atoms with Crippen LogP contribution in [0.1, 0.15) is 11.4 Å². The molecule has 0 fully saturated rings. The monoisotopic (exact) mass is 171 g/mol. The first-order valence-corrected chi connectivity index (χ1v) is 4.04. The molecule has 3 heteroatoms. The zero-order valence-electron chi connectivity index (χ0n) is 7.33. The SMILES string of the molecule is C#CCc1cnc2nc(C)[nH]c2c1. The number of nitrogens with one attached hydrogen (secondary N) is 1. The zero-order chi connectivity index (χ0) is 9.26. The van der Waals surface area contributed by atoms with Gasteiger partial charge in [0.1, 0.15) is 5.82 Å². The number of nitrogens with zero attached hydrogens (tertiary/aromatic N) is 2. The molecule has 0 unspecified atom stereocenters. The summed E-state index contributed by atoms with van der Waals surface area (Å²) in [5, 5.41) is 0. The summed E-state index contributed by atoms with van der Waals surface area (Å²) in [6.07, 6.45) is 7.58. The Labute approximate surface area is 76.2 Å². The zero-order valence-corrected chi connectivity index (χ0v) is 7.33. The molecule has 0 bridgehead atoms. The van der Waals surface area contributed by atoms with Crippen LogP contribution in [0.15, 0.2) is 12.3 Å². The highest BCUT2D eigenvalue weighted by molar-refractivity contribution is 5.71. The normalized spacial score (nSPS) is 10.2. The molecule has 0 radical (unpaired) electrons. The highest BCUT2D eigenvalue weighted by Gasteiger charge is 2.00. The summed E-state index contributed by atoms with van der Waals surface area (Å²) >= 11 is 0. The Kier molecular flexibility index (Phi) is 1.75. The second kappa shape index (κ2) is 2.91. The van der Waals surface area contributed by atoms with Crippen molar-refractivity contribution in [2.75, 3.05) is 0 Å². The van der Waals surface area contributed by atoms with Crippen molar-refractivity contribution in [3.63, 3.8) is 0 Å². The molecular weight excluding hydrogens is 162 g/mol. The van der Waals surface area contributed by atoms with Gasteiger partial charge < -0.3 is 4.98 Å². The van der Waals surface area contributed by atoms with E-state index in [0.717, 1.165) is 22.6 Å². The fraction of sp³-hybridized carbons (Fsp3) is 0.200. The van der Waals surface area contributed by atoms with Crippen molar-refractivity contribution < 1.29 is 0 Å². The summed E-state index contributed by atoms with van der Waals surface area (Å²) in [6, 6.07) is 1.99. The maximum atomic E-state index is 5.21. The lowest BCUT2D eigenvalue weighted by Crippen LogP contribution is -1.84. The lowest BCUT2D eigenvalue weighted by Gasteiger charge is -1.92. The molecule has 0 aromatic carbocycles. The van der Waals surface area contributed by atoms with Crippen molar-refractivity contribution in [1.29, 1.82) is 0 Å². The molecule has 0 saturated heterocycles. The summed E-state index contributed by atoms with van der Waals surface area (Å²) in [5.74, 6) is 3.46. The Hall–Kier alpha value is -1.82. The third-order valence-electron chi connectivity index (χ3n) is 1.82. The van der Waals surface area contributed by atoms with Crippen LogP contribution >= 0.6 is 0 Å². The van der Waals surface area contributed by atoms with E-state index >= 15 is 0 Å². The Morgan fingerprint density at radius 2 is 2.46 bits per heavy atom. The van der Waals surface area contributed by atoms with Crippen LogP contribution < -0.4 is 0 Å². The summed E-state index contributed by atoms with van der Waals surface area (Å²) in [6.45, 7) is 1.91. The minimum atomic E-state index is 0.612. The van der Waals surface area contributed by atoms with Gasteiger partial charge in [-0.1, -0.05) is 0 Å². The molecule has 2 heterocycles. The number of fused-ring (bicyclic) bond motifs is 1. The van der Waals surface area contributed by atoms with Gasteiger partial charge in [0.2, 0.25) is 0 Å². The van der Waals surface area contributed by atoms with Gasteiger partial charge in [-0.3, -0.25) is 0 Å². The summed E-state index contributed by atoms with van der Waals surface area (Å²) < 4.78 is 0. The first-order chi connectivity index (χ1) is 6.29. The average molecular weight is 171 g/mol. The number of H-pyrrole nitrogens is 1. The largest absolute Gasteiger partial charge is 0.341 e. The van der Waals surface area contributed by atoms with Crippen LogP contribution in [0.5, 0.6) is 0 Å². The number of aromatic amines is 1. The molecule has 3 nitrogen and oxygen atoms in total. The number of rotatable bonds is 1. The van der Waals surface area contributed by atoms with E-state index in [-0.39, 0.29) is 0 Å². The van der Waals surface area contributed by atoms with Crippen molar-refractivity contribution >= 4 is 11.2 Å². The highest BCUT2D eigenvalue weighted by Crippen LogP contribution is 2.10. The molecule has 0 spiro atoms. The number of aryl methyl sites for hydroxylation is 1. The molecule has 0 amide bonds. The summed E-state index contributed by atoms with van der Waals surface area (Å²) in [5.41, 5.74) is 2.74. The second-order valence-electron chi connectivity index (χ2n) is 2.92. The Morgan fingerprint density at radius 1 is 1.62 bits per heavy atom. The third kappa shape index (κ3) is 1.38. The summed E-state index contributed by atoms with van der Waals surface area (Å²) in [7, 11) is 0. The van der Waals surface area contributed by atoms with E-state index in [4.69, 9.17) is 6.42 Å². The van der Waals surface area contributed by atoms with Gasteiger partial charge >= 0.3 is 0 Å². The molecule has 0 saturated carbocycles. The van der Waals surface area contributed by atoms with E-state index in [0.29, 0.717) is 6.42 Å². The van der Waals surface area contributed by atoms with Crippen LogP contribution in [0, 0.1) is 19.3 Å². The van der Waals surface area contributed by atoms with Crippen LogP contribution in [0.2, 0.25) is 0 Å². The van der Waals surface area contributed by atoms with Gasteiger partial charge in [-0.15, -0.1) is 12.3 Å². The van der Waals surface area contributed by atoms with Gasteiger partial charge in [-0.05, 0) is 18.6 Å². The van der Waals surface area contributed by atoms with Crippen molar-refractivity contribution in [2.24, 2.45) is 0 Å². The van der Waals surface area contributed by atoms with Gasteiger partial charge in [0.25, 0.3) is 0 Å². The van der Waals surface area contributed by atoms with Crippen molar-refractivity contribution in [3.05, 3.63) is 23.7 Å². The number of aromatic nitrogens is 3. The van der Waals surface area contributed by atoms with Gasteiger partial charge in [-0.2, -0.15) is 0 Å². The van der Waals surface area contributed by atoms with Crippen LogP contribution in [0.25, 0.3) is 11.2 Å². The van der Waals surface area contributed by atoms with Crippen LogP contribution in [0.3, 0.4) is 0 Å². The predicted molar refractivity (Wildman–Crippen MR) is 51.2 cm³/mol. The molecule has 64 valence electrons. The van der Waals surface area contributed by atoms with E-state index in [1.54, 1.807) is 6.20 Å². The van der Waals surface area contributed by atoms with Gasteiger partial charge in [0.15, 0.2) is 5.65 Å². The Balaban J connectivity index is 2.56. The minimum absolute atomic E-state index is 0.612. The second-order valence-corrected chi connectivity index (χ2v) is 2.92. The van der Waals surface area contributed by atoms with Crippen LogP contribution in [-0.4, -0.2) is 15.0 Å².